The molecule has 1 N–H and O–H groups in total. The normalized spacial score (nSPS) is 11.4. The lowest BCUT2D eigenvalue weighted by atomic mass is 10.1. The molecule has 0 amide bonds. The van der Waals surface area contributed by atoms with Gasteiger partial charge in [-0.05, 0) is 39.0 Å². The fourth-order valence-corrected chi connectivity index (χ4v) is 3.82. The molecule has 4 aromatic heterocycles. The monoisotopic (exact) mass is 378 g/mol. The maximum absolute atomic E-state index is 12.3. The van der Waals surface area contributed by atoms with E-state index in [4.69, 9.17) is 4.98 Å². The summed E-state index contributed by atoms with van der Waals surface area (Å²) in [5.74, 6) is 0. The first-order chi connectivity index (χ1) is 12.9. The number of hydrogen-bond donors (Lipinski definition) is 1. The summed E-state index contributed by atoms with van der Waals surface area (Å²) in [5.41, 5.74) is 2.50. The third kappa shape index (κ3) is 3.10. The van der Waals surface area contributed by atoms with E-state index in [-0.39, 0.29) is 22.5 Å². The van der Waals surface area contributed by atoms with E-state index in [9.17, 15) is 9.59 Å². The first kappa shape index (κ1) is 17.4. The second-order valence-electron chi connectivity index (χ2n) is 6.63. The average molecular weight is 378 g/mol. The number of nitrogens with one attached hydrogen (secondary N) is 1. The van der Waals surface area contributed by atoms with Crippen LogP contribution in [0.3, 0.4) is 0 Å². The highest BCUT2D eigenvalue weighted by Gasteiger charge is 2.17. The maximum atomic E-state index is 12.3. The fourth-order valence-electron chi connectivity index (χ4n) is 2.97. The molecule has 4 heterocycles. The van der Waals surface area contributed by atoms with E-state index in [0.717, 1.165) is 15.3 Å². The SMILES string of the molecule is Cc1ccc(-c2nc3[nH]ccc(=O)c3nc2-c2ccc(=O)n(C(C)C)c2)s1. The zero-order valence-corrected chi connectivity index (χ0v) is 16.0. The summed E-state index contributed by atoms with van der Waals surface area (Å²) in [6.45, 7) is 5.93. The Morgan fingerprint density at radius 3 is 2.56 bits per heavy atom. The number of aromatic nitrogens is 4. The van der Waals surface area contributed by atoms with Crippen LogP contribution in [0, 0.1) is 6.92 Å². The van der Waals surface area contributed by atoms with Gasteiger partial charge in [0.2, 0.25) is 5.43 Å². The minimum Gasteiger partial charge on any atom is -0.345 e. The summed E-state index contributed by atoms with van der Waals surface area (Å²) in [4.78, 5) is 38.9. The number of rotatable bonds is 3. The van der Waals surface area contributed by atoms with Crippen molar-refractivity contribution in [3.63, 3.8) is 0 Å². The van der Waals surface area contributed by atoms with Crippen molar-refractivity contribution in [2.45, 2.75) is 26.8 Å². The second kappa shape index (κ2) is 6.59. The van der Waals surface area contributed by atoms with Crippen LogP contribution >= 0.6 is 11.3 Å². The molecule has 136 valence electrons. The van der Waals surface area contributed by atoms with Crippen molar-refractivity contribution in [1.29, 1.82) is 0 Å². The van der Waals surface area contributed by atoms with E-state index in [1.807, 2.05) is 32.9 Å². The van der Waals surface area contributed by atoms with Crippen LogP contribution in [0.5, 0.6) is 0 Å². The Labute approximate surface area is 159 Å². The van der Waals surface area contributed by atoms with Crippen LogP contribution in [-0.4, -0.2) is 19.5 Å². The van der Waals surface area contributed by atoms with Crippen molar-refractivity contribution in [2.75, 3.05) is 0 Å². The van der Waals surface area contributed by atoms with Gasteiger partial charge in [0.15, 0.2) is 11.2 Å². The molecule has 0 aliphatic heterocycles. The maximum Gasteiger partial charge on any atom is 0.250 e. The van der Waals surface area contributed by atoms with Crippen LogP contribution in [0.2, 0.25) is 0 Å². The van der Waals surface area contributed by atoms with Crippen molar-refractivity contribution in [3.8, 4) is 21.8 Å². The molecule has 0 fully saturated rings. The Morgan fingerprint density at radius 1 is 1.04 bits per heavy atom. The van der Waals surface area contributed by atoms with E-state index in [1.54, 1.807) is 34.4 Å². The van der Waals surface area contributed by atoms with Gasteiger partial charge >= 0.3 is 0 Å². The largest absolute Gasteiger partial charge is 0.345 e. The van der Waals surface area contributed by atoms with Gasteiger partial charge in [-0.15, -0.1) is 11.3 Å². The minimum absolute atomic E-state index is 0.0155. The van der Waals surface area contributed by atoms with Gasteiger partial charge in [-0.3, -0.25) is 9.59 Å². The Morgan fingerprint density at radius 2 is 1.85 bits per heavy atom. The number of pyridine rings is 2. The molecule has 0 unspecified atom stereocenters. The van der Waals surface area contributed by atoms with Crippen molar-refractivity contribution >= 4 is 22.5 Å². The zero-order chi connectivity index (χ0) is 19.1. The van der Waals surface area contributed by atoms with Crippen LogP contribution < -0.4 is 11.0 Å². The number of aryl methyl sites for hydroxylation is 1. The van der Waals surface area contributed by atoms with Gasteiger partial charge in [-0.25, -0.2) is 9.97 Å². The Kier molecular flexibility index (Phi) is 4.24. The first-order valence-electron chi connectivity index (χ1n) is 8.63. The summed E-state index contributed by atoms with van der Waals surface area (Å²) < 4.78 is 1.65. The molecule has 4 rings (SSSR count). The van der Waals surface area contributed by atoms with Gasteiger partial charge in [0, 0.05) is 41.0 Å². The fraction of sp³-hybridized carbons (Fsp3) is 0.200. The topological polar surface area (TPSA) is 80.6 Å². The lowest BCUT2D eigenvalue weighted by Gasteiger charge is -2.13. The molecule has 0 saturated carbocycles. The van der Waals surface area contributed by atoms with Crippen LogP contribution in [0.1, 0.15) is 24.8 Å². The smallest absolute Gasteiger partial charge is 0.250 e. The van der Waals surface area contributed by atoms with E-state index in [2.05, 4.69) is 9.97 Å². The molecule has 0 bridgehead atoms. The van der Waals surface area contributed by atoms with Gasteiger partial charge in [0.1, 0.15) is 5.69 Å². The standard InChI is InChI=1S/C20H18N4O2S/c1-11(2)24-10-13(5-7-16(24)26)17-19(15-6-4-12(3)27-15)23-20-18(22-17)14(25)8-9-21-20/h4-11H,1-3H3,(H,21,23,25). The third-order valence-electron chi connectivity index (χ3n) is 4.33. The number of H-pyrrole nitrogens is 1. The molecule has 0 spiro atoms. The van der Waals surface area contributed by atoms with Crippen LogP contribution in [-0.2, 0) is 0 Å². The summed E-state index contributed by atoms with van der Waals surface area (Å²) >= 11 is 1.61. The summed E-state index contributed by atoms with van der Waals surface area (Å²) in [6.07, 6.45) is 3.35. The summed E-state index contributed by atoms with van der Waals surface area (Å²) in [7, 11) is 0. The molecule has 6 nitrogen and oxygen atoms in total. The van der Waals surface area contributed by atoms with Crippen LogP contribution in [0.15, 0.2) is 52.3 Å². The van der Waals surface area contributed by atoms with Crippen molar-refractivity contribution < 1.29 is 0 Å². The molecule has 7 heteroatoms. The van der Waals surface area contributed by atoms with Crippen molar-refractivity contribution in [2.24, 2.45) is 0 Å². The van der Waals surface area contributed by atoms with Gasteiger partial charge < -0.3 is 9.55 Å². The Bertz CT molecular complexity index is 1270. The predicted octanol–water partition coefficient (Wildman–Crippen LogP) is 3.76. The molecular weight excluding hydrogens is 360 g/mol. The lowest BCUT2D eigenvalue weighted by molar-refractivity contribution is 0.579. The molecule has 0 radical (unpaired) electrons. The van der Waals surface area contributed by atoms with E-state index in [1.165, 1.54) is 12.1 Å². The molecule has 4 aromatic rings. The number of thiophene rings is 1. The molecule has 27 heavy (non-hydrogen) atoms. The average Bonchev–Trinajstić information content (AvgIpc) is 3.08. The number of hydrogen-bond acceptors (Lipinski definition) is 5. The highest BCUT2D eigenvalue weighted by atomic mass is 32.1. The third-order valence-corrected chi connectivity index (χ3v) is 5.33. The van der Waals surface area contributed by atoms with E-state index >= 15 is 0 Å². The van der Waals surface area contributed by atoms with Crippen molar-refractivity contribution in [1.82, 2.24) is 19.5 Å². The van der Waals surface area contributed by atoms with E-state index < -0.39 is 0 Å². The summed E-state index contributed by atoms with van der Waals surface area (Å²) in [5, 5.41) is 0. The highest BCUT2D eigenvalue weighted by Crippen LogP contribution is 2.34. The van der Waals surface area contributed by atoms with Gasteiger partial charge in [0.05, 0.1) is 10.6 Å². The summed E-state index contributed by atoms with van der Waals surface area (Å²) in [6, 6.07) is 8.74. The molecular formula is C20H18N4O2S. The van der Waals surface area contributed by atoms with Gasteiger partial charge in [-0.1, -0.05) is 0 Å². The van der Waals surface area contributed by atoms with Gasteiger partial charge in [-0.2, -0.15) is 0 Å². The van der Waals surface area contributed by atoms with Crippen molar-refractivity contribution in [3.05, 3.63) is 68.2 Å². The predicted molar refractivity (Wildman–Crippen MR) is 108 cm³/mol. The highest BCUT2D eigenvalue weighted by molar-refractivity contribution is 7.15. The Hall–Kier alpha value is -3.06. The number of fused-ring (bicyclic) bond motifs is 1. The molecule has 0 atom stereocenters. The number of nitrogens with zero attached hydrogens (tertiary/aromatic N) is 3. The molecule has 0 aliphatic rings. The second-order valence-corrected chi connectivity index (χ2v) is 7.92. The lowest BCUT2D eigenvalue weighted by Crippen LogP contribution is -2.20. The quantitative estimate of drug-likeness (QED) is 0.588. The Balaban J connectivity index is 2.06. The number of aromatic amines is 1. The molecule has 0 aliphatic carbocycles. The molecule has 0 aromatic carbocycles. The molecule has 0 saturated heterocycles. The van der Waals surface area contributed by atoms with Gasteiger partial charge in [0.25, 0.3) is 5.56 Å². The van der Waals surface area contributed by atoms with E-state index in [0.29, 0.717) is 17.0 Å². The zero-order valence-electron chi connectivity index (χ0n) is 15.2. The first-order valence-corrected chi connectivity index (χ1v) is 9.44. The van der Waals surface area contributed by atoms with Crippen LogP contribution in [0.25, 0.3) is 33.0 Å². The minimum atomic E-state index is -0.191. The van der Waals surface area contributed by atoms with Crippen LogP contribution in [0.4, 0.5) is 0 Å².